The molecule has 0 bridgehead atoms. The summed E-state index contributed by atoms with van der Waals surface area (Å²) in [6.45, 7) is 1.85. The first-order valence-corrected chi connectivity index (χ1v) is 10.5. The van der Waals surface area contributed by atoms with Gasteiger partial charge in [0.1, 0.15) is 17.9 Å². The summed E-state index contributed by atoms with van der Waals surface area (Å²) in [5, 5.41) is 13.2. The van der Waals surface area contributed by atoms with Gasteiger partial charge in [-0.3, -0.25) is 9.59 Å². The number of benzene rings is 1. The first-order chi connectivity index (χ1) is 15.4. The summed E-state index contributed by atoms with van der Waals surface area (Å²) in [5.41, 5.74) is 1.35. The quantitative estimate of drug-likeness (QED) is 0.610. The molecule has 2 amide bonds. The molecule has 2 aromatic heterocycles. The van der Waals surface area contributed by atoms with Gasteiger partial charge in [0.05, 0.1) is 11.1 Å². The van der Waals surface area contributed by atoms with Crippen LogP contribution >= 0.6 is 11.6 Å². The lowest BCUT2D eigenvalue weighted by molar-refractivity contribution is -0.121. The third kappa shape index (κ3) is 4.11. The fraction of sp³-hybridized carbons (Fsp3) is 0.273. The smallest absolute Gasteiger partial charge is 0.339 e. The van der Waals surface area contributed by atoms with Crippen LogP contribution in [0.5, 0.6) is 0 Å². The minimum atomic E-state index is -1.03. The van der Waals surface area contributed by atoms with E-state index in [4.69, 9.17) is 11.6 Å². The maximum atomic E-state index is 13.3. The Kier molecular flexibility index (Phi) is 6.00. The zero-order valence-electron chi connectivity index (χ0n) is 17.4. The van der Waals surface area contributed by atoms with Crippen LogP contribution < -0.4 is 10.2 Å². The van der Waals surface area contributed by atoms with E-state index in [1.165, 1.54) is 6.07 Å². The lowest BCUT2D eigenvalue weighted by Gasteiger charge is -2.35. The highest BCUT2D eigenvalue weighted by atomic mass is 35.5. The number of carboxylic acids is 1. The molecule has 0 unspecified atom stereocenters. The number of hydrogen-bond acceptors (Lipinski definition) is 5. The third-order valence-corrected chi connectivity index (χ3v) is 5.79. The number of rotatable bonds is 5. The van der Waals surface area contributed by atoms with Gasteiger partial charge in [-0.25, -0.2) is 9.78 Å². The molecule has 0 aliphatic carbocycles. The molecule has 2 N–H and O–H groups in total. The van der Waals surface area contributed by atoms with Crippen LogP contribution in [-0.2, 0) is 11.3 Å². The second-order valence-electron chi connectivity index (χ2n) is 7.46. The number of piperazine rings is 1. The van der Waals surface area contributed by atoms with Crippen molar-refractivity contribution in [3.8, 4) is 0 Å². The monoisotopic (exact) mass is 455 g/mol. The number of aromatic carboxylic acids is 1. The molecule has 10 heteroatoms. The number of fused-ring (bicyclic) bond motifs is 1. The summed E-state index contributed by atoms with van der Waals surface area (Å²) in [5.74, 6) is -0.954. The predicted octanol–water partition coefficient (Wildman–Crippen LogP) is 2.10. The van der Waals surface area contributed by atoms with Gasteiger partial charge in [0.15, 0.2) is 0 Å². The summed E-state index contributed by atoms with van der Waals surface area (Å²) in [7, 11) is 1.56. The maximum Gasteiger partial charge on any atom is 0.339 e. The molecule has 1 aromatic carbocycles. The maximum absolute atomic E-state index is 13.3. The molecule has 1 aliphatic rings. The summed E-state index contributed by atoms with van der Waals surface area (Å²) in [4.78, 5) is 44.6. The molecule has 0 atom stereocenters. The Hall–Kier alpha value is -3.59. The summed E-state index contributed by atoms with van der Waals surface area (Å²) in [6.07, 6.45) is 3.25. The van der Waals surface area contributed by atoms with Crippen LogP contribution in [0.4, 0.5) is 5.82 Å². The second kappa shape index (κ2) is 8.88. The number of amides is 2. The number of halogens is 1. The van der Waals surface area contributed by atoms with Gasteiger partial charge in [-0.1, -0.05) is 17.7 Å². The number of carbonyl (C=O) groups is 3. The van der Waals surface area contributed by atoms with Gasteiger partial charge in [-0.15, -0.1) is 0 Å². The van der Waals surface area contributed by atoms with E-state index in [1.807, 2.05) is 4.90 Å². The van der Waals surface area contributed by atoms with Crippen molar-refractivity contribution in [1.82, 2.24) is 19.8 Å². The van der Waals surface area contributed by atoms with E-state index in [9.17, 15) is 19.5 Å². The molecule has 3 aromatic rings. The fourth-order valence-electron chi connectivity index (χ4n) is 3.91. The van der Waals surface area contributed by atoms with Crippen molar-refractivity contribution >= 4 is 46.1 Å². The molecule has 1 saturated heterocycles. The molecule has 3 heterocycles. The van der Waals surface area contributed by atoms with E-state index in [1.54, 1.807) is 53.2 Å². The van der Waals surface area contributed by atoms with E-state index in [2.05, 4.69) is 10.3 Å². The zero-order chi connectivity index (χ0) is 22.8. The standard InChI is InChI=1S/C22H22ClN5O4/c1-24-19(29)13-28-12-17(15-5-4-14(23)11-18(15)28)21(30)27-9-7-26(8-10-27)20-16(22(31)32)3-2-6-25-20/h2-6,11-12H,7-10,13H2,1H3,(H,24,29)(H,31,32). The van der Waals surface area contributed by atoms with Crippen LogP contribution in [0, 0.1) is 0 Å². The molecule has 9 nitrogen and oxygen atoms in total. The van der Waals surface area contributed by atoms with Crippen LogP contribution in [0.1, 0.15) is 20.7 Å². The van der Waals surface area contributed by atoms with Crippen molar-refractivity contribution in [1.29, 1.82) is 0 Å². The van der Waals surface area contributed by atoms with Crippen LogP contribution in [0.3, 0.4) is 0 Å². The van der Waals surface area contributed by atoms with Gasteiger partial charge in [-0.2, -0.15) is 0 Å². The molecular formula is C22H22ClN5O4. The van der Waals surface area contributed by atoms with Crippen molar-refractivity contribution in [2.24, 2.45) is 0 Å². The summed E-state index contributed by atoms with van der Waals surface area (Å²) >= 11 is 6.15. The largest absolute Gasteiger partial charge is 0.478 e. The number of aromatic nitrogens is 2. The molecule has 0 spiro atoms. The molecule has 4 rings (SSSR count). The number of hydrogen-bond donors (Lipinski definition) is 2. The van der Waals surface area contributed by atoms with Crippen LogP contribution in [0.15, 0.2) is 42.7 Å². The molecular weight excluding hydrogens is 434 g/mol. The minimum Gasteiger partial charge on any atom is -0.478 e. The van der Waals surface area contributed by atoms with Crippen LogP contribution in [-0.4, -0.2) is 70.6 Å². The van der Waals surface area contributed by atoms with Crippen LogP contribution in [0.25, 0.3) is 10.9 Å². The minimum absolute atomic E-state index is 0.0754. The van der Waals surface area contributed by atoms with Crippen molar-refractivity contribution < 1.29 is 19.5 Å². The molecule has 32 heavy (non-hydrogen) atoms. The number of carboxylic acid groups (broad SMARTS) is 1. The van der Waals surface area contributed by atoms with E-state index in [-0.39, 0.29) is 23.9 Å². The van der Waals surface area contributed by atoms with E-state index < -0.39 is 5.97 Å². The third-order valence-electron chi connectivity index (χ3n) is 5.55. The number of pyridine rings is 1. The molecule has 0 radical (unpaired) electrons. The SMILES string of the molecule is CNC(=O)Cn1cc(C(=O)N2CCN(c3ncccc3C(=O)O)CC2)c2ccc(Cl)cc21. The van der Waals surface area contributed by atoms with Gasteiger partial charge in [0, 0.05) is 56.0 Å². The van der Waals surface area contributed by atoms with Crippen molar-refractivity contribution in [2.75, 3.05) is 38.1 Å². The summed E-state index contributed by atoms with van der Waals surface area (Å²) in [6, 6.07) is 8.36. The predicted molar refractivity (Wildman–Crippen MR) is 120 cm³/mol. The van der Waals surface area contributed by atoms with Gasteiger partial charge in [0.25, 0.3) is 5.91 Å². The number of anilines is 1. The van der Waals surface area contributed by atoms with Crippen molar-refractivity contribution in [2.45, 2.75) is 6.54 Å². The average Bonchev–Trinajstić information content (AvgIpc) is 3.15. The Morgan fingerprint density at radius 2 is 1.88 bits per heavy atom. The zero-order valence-corrected chi connectivity index (χ0v) is 18.2. The molecule has 1 fully saturated rings. The number of likely N-dealkylation sites (N-methyl/N-ethyl adjacent to an activating group) is 1. The van der Waals surface area contributed by atoms with Gasteiger partial charge >= 0.3 is 5.97 Å². The van der Waals surface area contributed by atoms with Gasteiger partial charge in [0.2, 0.25) is 5.91 Å². The highest BCUT2D eigenvalue weighted by Crippen LogP contribution is 2.27. The molecule has 0 saturated carbocycles. The lowest BCUT2D eigenvalue weighted by Crippen LogP contribution is -2.49. The number of carbonyl (C=O) groups excluding carboxylic acids is 2. The first kappa shape index (κ1) is 21.6. The number of nitrogens with one attached hydrogen (secondary N) is 1. The Morgan fingerprint density at radius 1 is 1.12 bits per heavy atom. The second-order valence-corrected chi connectivity index (χ2v) is 7.90. The average molecular weight is 456 g/mol. The van der Waals surface area contributed by atoms with E-state index in [0.717, 1.165) is 5.39 Å². The Morgan fingerprint density at radius 3 is 2.56 bits per heavy atom. The van der Waals surface area contributed by atoms with Crippen molar-refractivity contribution in [3.63, 3.8) is 0 Å². The van der Waals surface area contributed by atoms with Gasteiger partial charge < -0.3 is 24.8 Å². The van der Waals surface area contributed by atoms with E-state index in [0.29, 0.717) is 48.1 Å². The van der Waals surface area contributed by atoms with E-state index >= 15 is 0 Å². The Balaban J connectivity index is 1.56. The van der Waals surface area contributed by atoms with Crippen LogP contribution in [0.2, 0.25) is 5.02 Å². The first-order valence-electron chi connectivity index (χ1n) is 10.1. The fourth-order valence-corrected chi connectivity index (χ4v) is 4.07. The lowest BCUT2D eigenvalue weighted by atomic mass is 10.1. The van der Waals surface area contributed by atoms with Crippen molar-refractivity contribution in [3.05, 3.63) is 58.9 Å². The highest BCUT2D eigenvalue weighted by Gasteiger charge is 2.27. The summed E-state index contributed by atoms with van der Waals surface area (Å²) < 4.78 is 1.72. The normalized spacial score (nSPS) is 13.9. The Bertz CT molecular complexity index is 1200. The molecule has 1 aliphatic heterocycles. The Labute approximate surface area is 189 Å². The molecule has 166 valence electrons. The topological polar surface area (TPSA) is 108 Å². The van der Waals surface area contributed by atoms with Gasteiger partial charge in [-0.05, 0) is 24.3 Å². The highest BCUT2D eigenvalue weighted by molar-refractivity contribution is 6.31. The number of nitrogens with zero attached hydrogens (tertiary/aromatic N) is 4.